The molecule has 0 unspecified atom stereocenters. The molecule has 2 aromatic carbocycles. The van der Waals surface area contributed by atoms with Crippen LogP contribution in [0.1, 0.15) is 35.2 Å². The normalized spacial score (nSPS) is 15.7. The molecule has 1 aliphatic carbocycles. The molecular weight excluding hydrogens is 433 g/mol. The first-order valence-corrected chi connectivity index (χ1v) is 10.8. The van der Waals surface area contributed by atoms with Gasteiger partial charge in [-0.2, -0.15) is 13.2 Å². The predicted molar refractivity (Wildman–Crippen MR) is 118 cm³/mol. The lowest BCUT2D eigenvalue weighted by atomic mass is 9.80. The van der Waals surface area contributed by atoms with E-state index in [1.807, 2.05) is 11.6 Å². The van der Waals surface area contributed by atoms with Crippen LogP contribution in [0.25, 0.3) is 27.8 Å². The lowest BCUT2D eigenvalue weighted by Crippen LogP contribution is -2.45. The summed E-state index contributed by atoms with van der Waals surface area (Å²) in [6.07, 6.45) is 0.326. The zero-order chi connectivity index (χ0) is 23.3. The summed E-state index contributed by atoms with van der Waals surface area (Å²) in [7, 11) is 1.83. The predicted octanol–water partition coefficient (Wildman–Crippen LogP) is 4.43. The van der Waals surface area contributed by atoms with Crippen LogP contribution in [0.5, 0.6) is 0 Å². The minimum atomic E-state index is -4.41. The molecule has 1 atom stereocenters. The summed E-state index contributed by atoms with van der Waals surface area (Å²) >= 11 is 0. The Morgan fingerprint density at radius 1 is 1.21 bits per heavy atom. The maximum atomic E-state index is 13.0. The van der Waals surface area contributed by atoms with Crippen LogP contribution >= 0.6 is 0 Å². The van der Waals surface area contributed by atoms with Crippen LogP contribution in [0.15, 0.2) is 48.8 Å². The molecule has 1 amide bonds. The van der Waals surface area contributed by atoms with Crippen molar-refractivity contribution in [3.63, 3.8) is 0 Å². The van der Waals surface area contributed by atoms with Gasteiger partial charge in [-0.3, -0.25) is 9.36 Å². The number of aryl methyl sites for hydroxylation is 1. The third-order valence-corrected chi connectivity index (χ3v) is 6.57. The first-order chi connectivity index (χ1) is 15.8. The van der Waals surface area contributed by atoms with Gasteiger partial charge in [-0.25, -0.2) is 4.98 Å². The molecule has 5 rings (SSSR count). The van der Waals surface area contributed by atoms with Gasteiger partial charge in [0, 0.05) is 23.7 Å². The van der Waals surface area contributed by atoms with Gasteiger partial charge in [0.05, 0.1) is 35.6 Å². The number of aromatic nitrogens is 3. The van der Waals surface area contributed by atoms with E-state index in [9.17, 15) is 23.1 Å². The lowest BCUT2D eigenvalue weighted by Gasteiger charge is -2.33. The van der Waals surface area contributed by atoms with E-state index in [1.165, 1.54) is 12.1 Å². The van der Waals surface area contributed by atoms with Gasteiger partial charge in [0.25, 0.3) is 5.91 Å². The van der Waals surface area contributed by atoms with Crippen LogP contribution < -0.4 is 5.32 Å². The molecule has 0 aliphatic heterocycles. The number of hydrogen-bond acceptors (Lipinski definition) is 3. The van der Waals surface area contributed by atoms with Gasteiger partial charge in [-0.05, 0) is 61.2 Å². The maximum absolute atomic E-state index is 13.0. The number of alkyl halides is 3. The summed E-state index contributed by atoms with van der Waals surface area (Å²) in [4.78, 5) is 17.4. The van der Waals surface area contributed by atoms with Crippen molar-refractivity contribution in [2.75, 3.05) is 6.61 Å². The number of carbonyl (C=O) groups excluding carboxylic acids is 1. The van der Waals surface area contributed by atoms with E-state index in [4.69, 9.17) is 0 Å². The van der Waals surface area contributed by atoms with Gasteiger partial charge in [-0.15, -0.1) is 0 Å². The third-order valence-electron chi connectivity index (χ3n) is 6.57. The Kier molecular flexibility index (Phi) is 5.16. The van der Waals surface area contributed by atoms with E-state index in [1.54, 1.807) is 29.1 Å². The zero-order valence-corrected chi connectivity index (χ0v) is 17.9. The van der Waals surface area contributed by atoms with Crippen LogP contribution in [0.2, 0.25) is 0 Å². The summed E-state index contributed by atoms with van der Waals surface area (Å²) in [5.41, 5.74) is 2.38. The van der Waals surface area contributed by atoms with E-state index < -0.39 is 11.7 Å². The van der Waals surface area contributed by atoms with Gasteiger partial charge in [0.1, 0.15) is 0 Å². The lowest BCUT2D eigenvalue weighted by molar-refractivity contribution is -0.137. The van der Waals surface area contributed by atoms with Crippen molar-refractivity contribution in [1.29, 1.82) is 0 Å². The number of halogens is 3. The number of amides is 1. The highest BCUT2D eigenvalue weighted by molar-refractivity contribution is 6.09. The standard InChI is InChI=1S/C24H23F3N4O2/c1-30-13-28-22-21(30)18-11-15(23(33)29-19(12-32)14-3-2-4-14)5-10-20(18)31(22)17-8-6-16(7-9-17)24(25,26)27/h5-11,13-14,19,32H,2-4,12H2,1H3,(H,29,33)/t19-/m1/s1. The molecule has 172 valence electrons. The third kappa shape index (κ3) is 3.66. The Morgan fingerprint density at radius 3 is 2.55 bits per heavy atom. The number of nitrogens with one attached hydrogen (secondary N) is 1. The fourth-order valence-corrected chi connectivity index (χ4v) is 4.54. The first kappa shape index (κ1) is 21.5. The van der Waals surface area contributed by atoms with Crippen LogP contribution in [0.4, 0.5) is 13.2 Å². The van der Waals surface area contributed by atoms with Crippen molar-refractivity contribution >= 4 is 28.0 Å². The number of carbonyl (C=O) groups is 1. The first-order valence-electron chi connectivity index (χ1n) is 10.8. The molecule has 0 saturated heterocycles. The minimum Gasteiger partial charge on any atom is -0.394 e. The highest BCUT2D eigenvalue weighted by Crippen LogP contribution is 2.34. The topological polar surface area (TPSA) is 72.1 Å². The Balaban J connectivity index is 1.57. The number of imidazole rings is 1. The summed E-state index contributed by atoms with van der Waals surface area (Å²) in [5, 5.41) is 13.4. The van der Waals surface area contributed by atoms with Crippen LogP contribution in [-0.4, -0.2) is 37.8 Å². The quantitative estimate of drug-likeness (QED) is 0.467. The molecule has 2 N–H and O–H groups in total. The Morgan fingerprint density at radius 2 is 1.94 bits per heavy atom. The van der Waals surface area contributed by atoms with Crippen LogP contribution in [0.3, 0.4) is 0 Å². The molecule has 6 nitrogen and oxygen atoms in total. The highest BCUT2D eigenvalue weighted by atomic mass is 19.4. The number of fused-ring (bicyclic) bond motifs is 3. The van der Waals surface area contributed by atoms with Crippen molar-refractivity contribution in [3.8, 4) is 5.69 Å². The zero-order valence-electron chi connectivity index (χ0n) is 17.9. The SMILES string of the molecule is Cn1cnc2c1c1cc(C(=O)N[C@H](CO)C3CCC3)ccc1n2-c1ccc(C(F)(F)F)cc1. The van der Waals surface area contributed by atoms with E-state index in [2.05, 4.69) is 10.3 Å². The Hall–Kier alpha value is -3.33. The van der Waals surface area contributed by atoms with Gasteiger partial charge in [0.15, 0.2) is 5.65 Å². The molecule has 2 heterocycles. The number of aliphatic hydroxyl groups excluding tert-OH is 1. The number of rotatable bonds is 5. The average Bonchev–Trinajstić information content (AvgIpc) is 3.28. The molecule has 33 heavy (non-hydrogen) atoms. The number of hydrogen-bond donors (Lipinski definition) is 2. The van der Waals surface area contributed by atoms with Crippen molar-refractivity contribution in [2.24, 2.45) is 13.0 Å². The molecule has 4 aromatic rings. The maximum Gasteiger partial charge on any atom is 0.416 e. The van der Waals surface area contributed by atoms with E-state index in [0.29, 0.717) is 22.8 Å². The fraction of sp³-hybridized carbons (Fsp3) is 0.333. The van der Waals surface area contributed by atoms with Crippen molar-refractivity contribution < 1.29 is 23.1 Å². The monoisotopic (exact) mass is 456 g/mol. The molecule has 1 aliphatic rings. The molecule has 1 fully saturated rings. The summed E-state index contributed by atoms with van der Waals surface area (Å²) in [6.45, 7) is -0.102. The Bertz CT molecular complexity index is 1330. The average molecular weight is 456 g/mol. The number of aliphatic hydroxyl groups is 1. The van der Waals surface area contributed by atoms with Gasteiger partial charge < -0.3 is 15.0 Å². The van der Waals surface area contributed by atoms with Crippen molar-refractivity contribution in [1.82, 2.24) is 19.4 Å². The summed E-state index contributed by atoms with van der Waals surface area (Å²) in [5.74, 6) is 0.0349. The summed E-state index contributed by atoms with van der Waals surface area (Å²) in [6, 6.07) is 9.90. The van der Waals surface area contributed by atoms with Gasteiger partial charge >= 0.3 is 6.18 Å². The molecule has 0 bridgehead atoms. The minimum absolute atomic E-state index is 0.102. The second kappa shape index (κ2) is 7.91. The van der Waals surface area contributed by atoms with E-state index in [-0.39, 0.29) is 18.6 Å². The highest BCUT2D eigenvalue weighted by Gasteiger charge is 2.31. The summed E-state index contributed by atoms with van der Waals surface area (Å²) < 4.78 is 42.6. The molecule has 1 saturated carbocycles. The molecule has 0 spiro atoms. The smallest absolute Gasteiger partial charge is 0.394 e. The molecule has 9 heteroatoms. The largest absolute Gasteiger partial charge is 0.416 e. The molecule has 0 radical (unpaired) electrons. The van der Waals surface area contributed by atoms with Gasteiger partial charge in [0.2, 0.25) is 0 Å². The Labute approximate surface area is 187 Å². The van der Waals surface area contributed by atoms with Gasteiger partial charge in [-0.1, -0.05) is 6.42 Å². The fourth-order valence-electron chi connectivity index (χ4n) is 4.54. The van der Waals surface area contributed by atoms with Crippen molar-refractivity contribution in [3.05, 3.63) is 59.9 Å². The van der Waals surface area contributed by atoms with Crippen LogP contribution in [0, 0.1) is 5.92 Å². The van der Waals surface area contributed by atoms with E-state index in [0.717, 1.165) is 47.8 Å². The number of benzene rings is 2. The second-order valence-corrected chi connectivity index (χ2v) is 8.59. The number of nitrogens with zero attached hydrogens (tertiary/aromatic N) is 3. The second-order valence-electron chi connectivity index (χ2n) is 8.59. The molecule has 2 aromatic heterocycles. The van der Waals surface area contributed by atoms with Crippen LogP contribution in [-0.2, 0) is 13.2 Å². The van der Waals surface area contributed by atoms with Crippen molar-refractivity contribution in [2.45, 2.75) is 31.5 Å². The van der Waals surface area contributed by atoms with E-state index >= 15 is 0 Å². The molecular formula is C24H23F3N4O2.